The van der Waals surface area contributed by atoms with Crippen LogP contribution in [0.2, 0.25) is 0 Å². The number of aromatic nitrogens is 1. The average molecular weight is 372 g/mol. The summed E-state index contributed by atoms with van der Waals surface area (Å²) in [7, 11) is 0. The van der Waals surface area contributed by atoms with Gasteiger partial charge in [0.2, 0.25) is 0 Å². The molecule has 5 nitrogen and oxygen atoms in total. The summed E-state index contributed by atoms with van der Waals surface area (Å²) in [4.78, 5) is 16.8. The van der Waals surface area contributed by atoms with Crippen molar-refractivity contribution in [2.75, 3.05) is 6.54 Å². The quantitative estimate of drug-likeness (QED) is 0.542. The highest BCUT2D eigenvalue weighted by molar-refractivity contribution is 6.01. The highest BCUT2D eigenvalue weighted by atomic mass is 16.3. The summed E-state index contributed by atoms with van der Waals surface area (Å²) >= 11 is 0. The van der Waals surface area contributed by atoms with Crippen LogP contribution in [-0.2, 0) is 6.42 Å². The molecule has 0 saturated heterocycles. The molecule has 0 radical (unpaired) electrons. The van der Waals surface area contributed by atoms with Crippen molar-refractivity contribution in [3.63, 3.8) is 0 Å². The van der Waals surface area contributed by atoms with Crippen molar-refractivity contribution >= 4 is 16.9 Å². The highest BCUT2D eigenvalue weighted by Crippen LogP contribution is 2.36. The van der Waals surface area contributed by atoms with Gasteiger partial charge in [-0.05, 0) is 42.3 Å². The molecule has 0 spiro atoms. The van der Waals surface area contributed by atoms with Gasteiger partial charge in [0.25, 0.3) is 5.91 Å². The van der Waals surface area contributed by atoms with E-state index < -0.39 is 0 Å². The van der Waals surface area contributed by atoms with Gasteiger partial charge in [-0.15, -0.1) is 0 Å². The molecule has 0 saturated carbocycles. The van der Waals surface area contributed by atoms with E-state index in [0.29, 0.717) is 29.5 Å². The molecule has 0 unspecified atom stereocenters. The molecule has 0 aliphatic heterocycles. The lowest BCUT2D eigenvalue weighted by atomic mass is 10.0. The smallest absolute Gasteiger partial charge is 0.287 e. The lowest BCUT2D eigenvalue weighted by Gasteiger charge is -2.03. The molecule has 140 valence electrons. The number of carbonyl (C=O) groups excluding carboxylic acids is 1. The molecule has 2 aromatic heterocycles. The Bertz CT molecular complexity index is 1120. The second-order valence-corrected chi connectivity index (χ2v) is 6.62. The summed E-state index contributed by atoms with van der Waals surface area (Å²) in [5, 5.41) is 13.9. The van der Waals surface area contributed by atoms with E-state index in [1.165, 1.54) is 0 Å². The van der Waals surface area contributed by atoms with Crippen LogP contribution in [-0.4, -0.2) is 22.5 Å². The molecule has 2 aromatic carbocycles. The number of amides is 1. The Morgan fingerprint density at radius 1 is 1.07 bits per heavy atom. The number of carbonyl (C=O) groups is 1. The number of phenolic OH excluding ortho intramolecular Hbond substituents is 1. The van der Waals surface area contributed by atoms with Crippen LogP contribution in [0.15, 0.2) is 71.3 Å². The largest absolute Gasteiger partial charge is 0.507 e. The zero-order chi connectivity index (χ0) is 19.5. The fourth-order valence-corrected chi connectivity index (χ4v) is 3.30. The normalized spacial score (nSPS) is 10.9. The average Bonchev–Trinajstić information content (AvgIpc) is 3.06. The number of fused-ring (bicyclic) bond motifs is 1. The van der Waals surface area contributed by atoms with Crippen molar-refractivity contribution in [3.8, 4) is 16.9 Å². The summed E-state index contributed by atoms with van der Waals surface area (Å²) in [5.74, 6) is 0.0203. The van der Waals surface area contributed by atoms with Crippen molar-refractivity contribution in [3.05, 3.63) is 83.9 Å². The maximum Gasteiger partial charge on any atom is 0.287 e. The second kappa shape index (κ2) is 7.56. The first-order valence-corrected chi connectivity index (χ1v) is 9.13. The van der Waals surface area contributed by atoms with Crippen molar-refractivity contribution in [2.24, 2.45) is 0 Å². The number of pyridine rings is 1. The Kier molecular flexibility index (Phi) is 4.81. The standard InChI is InChI=1S/C23H20N2O3/c1-15-21-19(26)13-17(16-7-3-2-4-8-16)14-20(21)28-22(15)23(27)25-12-10-18-9-5-6-11-24-18/h2-9,11,13-14,26H,10,12H2,1H3,(H,25,27). The number of hydrogen-bond acceptors (Lipinski definition) is 4. The number of nitrogens with one attached hydrogen (secondary N) is 1. The maximum atomic E-state index is 12.6. The third-order valence-electron chi connectivity index (χ3n) is 4.72. The van der Waals surface area contributed by atoms with Gasteiger partial charge in [0.1, 0.15) is 11.3 Å². The van der Waals surface area contributed by atoms with Crippen molar-refractivity contribution in [2.45, 2.75) is 13.3 Å². The molecule has 0 aliphatic carbocycles. The van der Waals surface area contributed by atoms with E-state index in [1.807, 2.05) is 54.6 Å². The van der Waals surface area contributed by atoms with Gasteiger partial charge in [0, 0.05) is 30.4 Å². The first kappa shape index (κ1) is 17.8. The SMILES string of the molecule is Cc1c(C(=O)NCCc2ccccn2)oc2cc(-c3ccccc3)cc(O)c12. The van der Waals surface area contributed by atoms with Crippen molar-refractivity contribution < 1.29 is 14.3 Å². The summed E-state index contributed by atoms with van der Waals surface area (Å²) in [6.07, 6.45) is 2.36. The Morgan fingerprint density at radius 3 is 2.61 bits per heavy atom. The third kappa shape index (κ3) is 3.47. The number of phenols is 1. The fourth-order valence-electron chi connectivity index (χ4n) is 3.30. The predicted molar refractivity (Wildman–Crippen MR) is 108 cm³/mol. The van der Waals surface area contributed by atoms with E-state index in [0.717, 1.165) is 16.8 Å². The van der Waals surface area contributed by atoms with Crippen LogP contribution in [0.3, 0.4) is 0 Å². The van der Waals surface area contributed by atoms with E-state index in [9.17, 15) is 9.90 Å². The molecular formula is C23H20N2O3. The van der Waals surface area contributed by atoms with Crippen LogP contribution >= 0.6 is 0 Å². The molecule has 28 heavy (non-hydrogen) atoms. The van der Waals surface area contributed by atoms with Gasteiger partial charge in [-0.2, -0.15) is 0 Å². The van der Waals surface area contributed by atoms with E-state index in [4.69, 9.17) is 4.42 Å². The molecule has 0 atom stereocenters. The molecule has 5 heteroatoms. The van der Waals surface area contributed by atoms with Crippen LogP contribution in [0.4, 0.5) is 0 Å². The Morgan fingerprint density at radius 2 is 1.86 bits per heavy atom. The van der Waals surface area contributed by atoms with Crippen LogP contribution in [0, 0.1) is 6.92 Å². The topological polar surface area (TPSA) is 75.4 Å². The number of furan rings is 1. The molecule has 0 aliphatic rings. The van der Waals surface area contributed by atoms with E-state index in [-0.39, 0.29) is 17.4 Å². The highest BCUT2D eigenvalue weighted by Gasteiger charge is 2.20. The molecule has 0 fully saturated rings. The van der Waals surface area contributed by atoms with Crippen LogP contribution in [0.25, 0.3) is 22.1 Å². The van der Waals surface area contributed by atoms with Gasteiger partial charge in [-0.1, -0.05) is 36.4 Å². The summed E-state index contributed by atoms with van der Waals surface area (Å²) in [5.41, 5.74) is 3.83. The lowest BCUT2D eigenvalue weighted by Crippen LogP contribution is -2.26. The van der Waals surface area contributed by atoms with Crippen molar-refractivity contribution in [1.29, 1.82) is 0 Å². The number of nitrogens with zero attached hydrogens (tertiary/aromatic N) is 1. The number of rotatable bonds is 5. The number of benzene rings is 2. The summed E-state index contributed by atoms with van der Waals surface area (Å²) in [6, 6.07) is 19.0. The van der Waals surface area contributed by atoms with E-state index in [1.54, 1.807) is 19.2 Å². The fraction of sp³-hybridized carbons (Fsp3) is 0.130. The van der Waals surface area contributed by atoms with Gasteiger partial charge in [-0.3, -0.25) is 9.78 Å². The van der Waals surface area contributed by atoms with E-state index >= 15 is 0 Å². The first-order valence-electron chi connectivity index (χ1n) is 9.13. The Labute approximate surface area is 162 Å². The molecule has 2 N–H and O–H groups in total. The molecule has 0 bridgehead atoms. The number of hydrogen-bond donors (Lipinski definition) is 2. The first-order chi connectivity index (χ1) is 13.6. The van der Waals surface area contributed by atoms with Gasteiger partial charge >= 0.3 is 0 Å². The summed E-state index contributed by atoms with van der Waals surface area (Å²) in [6.45, 7) is 2.23. The molecule has 2 heterocycles. The Hall–Kier alpha value is -3.60. The van der Waals surface area contributed by atoms with Gasteiger partial charge in [0.15, 0.2) is 5.76 Å². The summed E-state index contributed by atoms with van der Waals surface area (Å²) < 4.78 is 5.82. The zero-order valence-electron chi connectivity index (χ0n) is 15.5. The molecule has 1 amide bonds. The monoisotopic (exact) mass is 372 g/mol. The zero-order valence-corrected chi connectivity index (χ0v) is 15.5. The molecule has 4 aromatic rings. The van der Waals surface area contributed by atoms with Crippen LogP contribution in [0.5, 0.6) is 5.75 Å². The molecular weight excluding hydrogens is 352 g/mol. The van der Waals surface area contributed by atoms with Gasteiger partial charge in [0.05, 0.1) is 5.39 Å². The van der Waals surface area contributed by atoms with Gasteiger partial charge in [-0.25, -0.2) is 0 Å². The Balaban J connectivity index is 1.58. The minimum Gasteiger partial charge on any atom is -0.507 e. The minimum atomic E-state index is -0.301. The number of aromatic hydroxyl groups is 1. The second-order valence-electron chi connectivity index (χ2n) is 6.62. The van der Waals surface area contributed by atoms with E-state index in [2.05, 4.69) is 10.3 Å². The van der Waals surface area contributed by atoms with Crippen LogP contribution < -0.4 is 5.32 Å². The lowest BCUT2D eigenvalue weighted by molar-refractivity contribution is 0.0927. The number of aryl methyl sites for hydroxylation is 1. The van der Waals surface area contributed by atoms with Crippen LogP contribution in [0.1, 0.15) is 21.8 Å². The predicted octanol–water partition coefficient (Wildman–Crippen LogP) is 4.48. The maximum absolute atomic E-state index is 12.6. The molecule has 4 rings (SSSR count). The van der Waals surface area contributed by atoms with Gasteiger partial charge < -0.3 is 14.8 Å². The van der Waals surface area contributed by atoms with Crippen molar-refractivity contribution in [1.82, 2.24) is 10.3 Å². The third-order valence-corrected chi connectivity index (χ3v) is 4.72. The minimum absolute atomic E-state index is 0.102.